The molecule has 0 radical (unpaired) electrons. The fourth-order valence-corrected chi connectivity index (χ4v) is 1.23. The monoisotopic (exact) mass is 229 g/mol. The summed E-state index contributed by atoms with van der Waals surface area (Å²) in [6.07, 6.45) is -4.28. The lowest BCUT2D eigenvalue weighted by atomic mass is 10.3. The number of pyridine rings is 1. The first-order valence-electron chi connectivity index (χ1n) is 4.65. The second-order valence-electron chi connectivity index (χ2n) is 3.12. The van der Waals surface area contributed by atoms with Crippen LogP contribution in [0.1, 0.15) is 12.6 Å². The number of aromatic nitrogens is 1. The van der Waals surface area contributed by atoms with Gasteiger partial charge >= 0.3 is 6.18 Å². The van der Waals surface area contributed by atoms with E-state index in [9.17, 15) is 13.2 Å². The van der Waals surface area contributed by atoms with E-state index in [-0.39, 0.29) is 18.1 Å². The Bertz CT molecular complexity index is 395. The van der Waals surface area contributed by atoms with Crippen LogP contribution in [0.5, 0.6) is 0 Å². The molecule has 1 aromatic rings. The van der Waals surface area contributed by atoms with Crippen LogP contribution in [0.15, 0.2) is 18.2 Å². The third-order valence-corrected chi connectivity index (χ3v) is 1.92. The van der Waals surface area contributed by atoms with Gasteiger partial charge in [0, 0.05) is 6.54 Å². The summed E-state index contributed by atoms with van der Waals surface area (Å²) in [6.45, 7) is 0.721. The van der Waals surface area contributed by atoms with Crippen molar-refractivity contribution in [1.82, 2.24) is 4.98 Å². The molecule has 3 nitrogen and oxygen atoms in total. The standard InChI is InChI=1S/C10H10F3N3/c1-2-16(7-10(11,12)13)9-5-3-4-8(6-14)15-9/h3-5H,2,7H2,1H3. The summed E-state index contributed by atoms with van der Waals surface area (Å²) in [4.78, 5) is 4.88. The Morgan fingerprint density at radius 3 is 2.62 bits per heavy atom. The highest BCUT2D eigenvalue weighted by molar-refractivity contribution is 5.41. The molecule has 0 saturated heterocycles. The predicted octanol–water partition coefficient (Wildman–Crippen LogP) is 2.34. The summed E-state index contributed by atoms with van der Waals surface area (Å²) < 4.78 is 36.7. The maximum Gasteiger partial charge on any atom is 0.405 e. The summed E-state index contributed by atoms with van der Waals surface area (Å²) in [5.74, 6) is 0.166. The van der Waals surface area contributed by atoms with Crippen LogP contribution in [-0.2, 0) is 0 Å². The number of alkyl halides is 3. The van der Waals surface area contributed by atoms with E-state index in [1.807, 2.05) is 0 Å². The van der Waals surface area contributed by atoms with Gasteiger partial charge in [-0.25, -0.2) is 4.98 Å². The summed E-state index contributed by atoms with van der Waals surface area (Å²) in [7, 11) is 0. The number of rotatable bonds is 3. The summed E-state index contributed by atoms with van der Waals surface area (Å²) >= 11 is 0. The Labute approximate surface area is 91.1 Å². The number of nitriles is 1. The van der Waals surface area contributed by atoms with Gasteiger partial charge in [-0.3, -0.25) is 0 Å². The van der Waals surface area contributed by atoms with Gasteiger partial charge in [0.1, 0.15) is 24.1 Å². The summed E-state index contributed by atoms with van der Waals surface area (Å²) in [5, 5.41) is 8.60. The van der Waals surface area contributed by atoms with Gasteiger partial charge in [-0.05, 0) is 19.1 Å². The second kappa shape index (κ2) is 4.84. The van der Waals surface area contributed by atoms with Crippen molar-refractivity contribution in [3.63, 3.8) is 0 Å². The molecule has 0 fully saturated rings. The van der Waals surface area contributed by atoms with Crippen molar-refractivity contribution in [2.24, 2.45) is 0 Å². The van der Waals surface area contributed by atoms with Gasteiger partial charge in [-0.2, -0.15) is 18.4 Å². The van der Waals surface area contributed by atoms with Gasteiger partial charge in [0.25, 0.3) is 0 Å². The maximum absolute atomic E-state index is 12.2. The van der Waals surface area contributed by atoms with Gasteiger partial charge in [0.2, 0.25) is 0 Å². The van der Waals surface area contributed by atoms with E-state index in [1.54, 1.807) is 13.0 Å². The first-order chi connectivity index (χ1) is 7.46. The van der Waals surface area contributed by atoms with Crippen LogP contribution in [0.3, 0.4) is 0 Å². The largest absolute Gasteiger partial charge is 0.405 e. The molecule has 1 aromatic heterocycles. The molecule has 1 heterocycles. The molecule has 0 spiro atoms. The number of anilines is 1. The van der Waals surface area contributed by atoms with E-state index in [4.69, 9.17) is 5.26 Å². The van der Waals surface area contributed by atoms with Gasteiger partial charge in [0.15, 0.2) is 0 Å². The molecule has 0 saturated carbocycles. The molecule has 0 aliphatic heterocycles. The minimum absolute atomic E-state index is 0.109. The molecule has 0 atom stereocenters. The normalized spacial score (nSPS) is 10.9. The van der Waals surface area contributed by atoms with Gasteiger partial charge in [-0.15, -0.1) is 0 Å². The van der Waals surface area contributed by atoms with Crippen LogP contribution >= 0.6 is 0 Å². The average molecular weight is 229 g/mol. The highest BCUT2D eigenvalue weighted by Crippen LogP contribution is 2.20. The van der Waals surface area contributed by atoms with Crippen LogP contribution in [-0.4, -0.2) is 24.2 Å². The predicted molar refractivity (Wildman–Crippen MR) is 52.9 cm³/mol. The summed E-state index contributed by atoms with van der Waals surface area (Å²) in [6, 6.07) is 6.21. The third kappa shape index (κ3) is 3.42. The molecule has 0 aromatic carbocycles. The molecule has 86 valence electrons. The Morgan fingerprint density at radius 2 is 2.12 bits per heavy atom. The molecule has 16 heavy (non-hydrogen) atoms. The van der Waals surface area contributed by atoms with Crippen molar-refractivity contribution >= 4 is 5.82 Å². The van der Waals surface area contributed by atoms with Gasteiger partial charge in [0.05, 0.1) is 0 Å². The van der Waals surface area contributed by atoms with Crippen LogP contribution in [0.25, 0.3) is 0 Å². The molecule has 0 aliphatic carbocycles. The second-order valence-corrected chi connectivity index (χ2v) is 3.12. The smallest absolute Gasteiger partial charge is 0.348 e. The molecular formula is C10H10F3N3. The van der Waals surface area contributed by atoms with Crippen molar-refractivity contribution < 1.29 is 13.2 Å². The Morgan fingerprint density at radius 1 is 1.44 bits per heavy atom. The first-order valence-corrected chi connectivity index (χ1v) is 4.65. The number of halogens is 3. The van der Waals surface area contributed by atoms with Crippen molar-refractivity contribution in [1.29, 1.82) is 5.26 Å². The Balaban J connectivity index is 2.91. The highest BCUT2D eigenvalue weighted by Gasteiger charge is 2.30. The van der Waals surface area contributed by atoms with Crippen LogP contribution < -0.4 is 4.90 Å². The first kappa shape index (κ1) is 12.3. The molecular weight excluding hydrogens is 219 g/mol. The topological polar surface area (TPSA) is 39.9 Å². The van der Waals surface area contributed by atoms with E-state index in [2.05, 4.69) is 4.98 Å². The lowest BCUT2D eigenvalue weighted by Gasteiger charge is -2.23. The van der Waals surface area contributed by atoms with E-state index < -0.39 is 12.7 Å². The van der Waals surface area contributed by atoms with Crippen LogP contribution in [0, 0.1) is 11.3 Å². The quantitative estimate of drug-likeness (QED) is 0.798. The molecule has 0 unspecified atom stereocenters. The zero-order chi connectivity index (χ0) is 12.2. The lowest BCUT2D eigenvalue weighted by molar-refractivity contribution is -0.119. The average Bonchev–Trinajstić information content (AvgIpc) is 2.25. The van der Waals surface area contributed by atoms with Crippen molar-refractivity contribution in [2.45, 2.75) is 13.1 Å². The maximum atomic E-state index is 12.2. The van der Waals surface area contributed by atoms with Crippen LogP contribution in [0.4, 0.5) is 19.0 Å². The molecule has 0 bridgehead atoms. The number of nitrogens with zero attached hydrogens (tertiary/aromatic N) is 3. The lowest BCUT2D eigenvalue weighted by Crippen LogP contribution is -2.34. The third-order valence-electron chi connectivity index (χ3n) is 1.92. The zero-order valence-corrected chi connectivity index (χ0v) is 8.62. The van der Waals surface area contributed by atoms with E-state index in [0.29, 0.717) is 0 Å². The molecule has 0 amide bonds. The number of hydrogen-bond donors (Lipinski definition) is 0. The number of hydrogen-bond acceptors (Lipinski definition) is 3. The van der Waals surface area contributed by atoms with Gasteiger partial charge in [-0.1, -0.05) is 6.07 Å². The zero-order valence-electron chi connectivity index (χ0n) is 8.62. The minimum Gasteiger partial charge on any atom is -0.348 e. The molecule has 6 heteroatoms. The van der Waals surface area contributed by atoms with Gasteiger partial charge < -0.3 is 4.90 Å². The molecule has 0 aliphatic rings. The Hall–Kier alpha value is -1.77. The molecule has 1 rings (SSSR count). The highest BCUT2D eigenvalue weighted by atomic mass is 19.4. The van der Waals surface area contributed by atoms with Crippen molar-refractivity contribution in [3.8, 4) is 6.07 Å². The van der Waals surface area contributed by atoms with E-state index in [1.165, 1.54) is 18.2 Å². The van der Waals surface area contributed by atoms with E-state index >= 15 is 0 Å². The fraction of sp³-hybridized carbons (Fsp3) is 0.400. The molecule has 0 N–H and O–H groups in total. The van der Waals surface area contributed by atoms with Crippen LogP contribution in [0.2, 0.25) is 0 Å². The van der Waals surface area contributed by atoms with Crippen molar-refractivity contribution in [2.75, 3.05) is 18.0 Å². The SMILES string of the molecule is CCN(CC(F)(F)F)c1cccc(C#N)n1. The van der Waals surface area contributed by atoms with Crippen molar-refractivity contribution in [3.05, 3.63) is 23.9 Å². The fourth-order valence-electron chi connectivity index (χ4n) is 1.23. The summed E-state index contributed by atoms with van der Waals surface area (Å²) in [5.41, 5.74) is 0.109. The minimum atomic E-state index is -4.28. The Kier molecular flexibility index (Phi) is 3.72. The van der Waals surface area contributed by atoms with E-state index in [0.717, 1.165) is 4.90 Å².